The van der Waals surface area contributed by atoms with E-state index in [1.807, 2.05) is 34.0 Å². The standard InChI is InChI=1S/C18H30N4O3/c1-13(12-24-6)21(5)11-16-19-9-14-10-22(8-7-15(14)20-16)17(23)25-18(2,3)4/h9,13H,7-8,10-12H2,1-6H3/t13-/m0/s1. The quantitative estimate of drug-likeness (QED) is 0.811. The molecule has 0 unspecified atom stereocenters. The molecule has 25 heavy (non-hydrogen) atoms. The first-order valence-corrected chi connectivity index (χ1v) is 8.70. The average Bonchev–Trinajstić information content (AvgIpc) is 2.52. The van der Waals surface area contributed by atoms with Crippen molar-refractivity contribution in [1.82, 2.24) is 19.8 Å². The number of nitrogens with zero attached hydrogens (tertiary/aromatic N) is 4. The van der Waals surface area contributed by atoms with Crippen LogP contribution in [0.4, 0.5) is 4.79 Å². The fourth-order valence-electron chi connectivity index (χ4n) is 2.66. The number of amides is 1. The molecule has 0 spiro atoms. The SMILES string of the molecule is COC[C@H](C)N(C)Cc1ncc2c(n1)CCN(C(=O)OC(C)(C)C)C2. The largest absolute Gasteiger partial charge is 0.444 e. The maximum absolute atomic E-state index is 12.2. The molecule has 1 aliphatic rings. The number of methoxy groups -OCH3 is 1. The summed E-state index contributed by atoms with van der Waals surface area (Å²) in [7, 11) is 3.74. The molecule has 0 fully saturated rings. The summed E-state index contributed by atoms with van der Waals surface area (Å²) < 4.78 is 10.6. The topological polar surface area (TPSA) is 67.8 Å². The summed E-state index contributed by atoms with van der Waals surface area (Å²) >= 11 is 0. The minimum absolute atomic E-state index is 0.282. The summed E-state index contributed by atoms with van der Waals surface area (Å²) in [5.74, 6) is 0.801. The Hall–Kier alpha value is -1.73. The molecule has 2 rings (SSSR count). The van der Waals surface area contributed by atoms with Crippen LogP contribution in [0.5, 0.6) is 0 Å². The Kier molecular flexibility index (Phi) is 6.35. The number of likely N-dealkylation sites (N-methyl/N-ethyl adjacent to an activating group) is 1. The highest BCUT2D eigenvalue weighted by molar-refractivity contribution is 5.68. The first-order valence-electron chi connectivity index (χ1n) is 8.70. The van der Waals surface area contributed by atoms with Gasteiger partial charge in [-0.1, -0.05) is 0 Å². The molecule has 2 heterocycles. The number of carbonyl (C=O) groups excluding carboxylic acids is 1. The van der Waals surface area contributed by atoms with E-state index in [-0.39, 0.29) is 6.09 Å². The molecular weight excluding hydrogens is 320 g/mol. The predicted octanol–water partition coefficient (Wildman–Crippen LogP) is 2.24. The van der Waals surface area contributed by atoms with Crippen LogP contribution in [0.25, 0.3) is 0 Å². The molecular formula is C18H30N4O3. The van der Waals surface area contributed by atoms with E-state index in [9.17, 15) is 4.79 Å². The van der Waals surface area contributed by atoms with Gasteiger partial charge in [0.25, 0.3) is 0 Å². The third kappa shape index (κ3) is 5.64. The second-order valence-corrected chi connectivity index (χ2v) is 7.63. The highest BCUT2D eigenvalue weighted by atomic mass is 16.6. The van der Waals surface area contributed by atoms with E-state index in [1.165, 1.54) is 0 Å². The van der Waals surface area contributed by atoms with Crippen LogP contribution in [-0.4, -0.2) is 64.8 Å². The Morgan fingerprint density at radius 1 is 1.44 bits per heavy atom. The molecule has 1 amide bonds. The molecule has 0 saturated heterocycles. The molecule has 0 saturated carbocycles. The molecule has 140 valence electrons. The van der Waals surface area contributed by atoms with Gasteiger partial charge in [-0.2, -0.15) is 0 Å². The predicted molar refractivity (Wildman–Crippen MR) is 95.2 cm³/mol. The van der Waals surface area contributed by atoms with E-state index in [0.717, 1.165) is 23.5 Å². The van der Waals surface area contributed by atoms with E-state index < -0.39 is 5.60 Å². The van der Waals surface area contributed by atoms with Crippen molar-refractivity contribution >= 4 is 6.09 Å². The molecule has 0 radical (unpaired) electrons. The van der Waals surface area contributed by atoms with Crippen molar-refractivity contribution in [2.45, 2.75) is 58.8 Å². The molecule has 1 aromatic rings. The molecule has 1 aromatic heterocycles. The highest BCUT2D eigenvalue weighted by Gasteiger charge is 2.26. The van der Waals surface area contributed by atoms with Crippen LogP contribution in [0.2, 0.25) is 0 Å². The Labute approximate surface area is 150 Å². The average molecular weight is 350 g/mol. The second-order valence-electron chi connectivity index (χ2n) is 7.63. The van der Waals surface area contributed by atoms with Crippen molar-refractivity contribution in [3.05, 3.63) is 23.3 Å². The zero-order chi connectivity index (χ0) is 18.6. The summed E-state index contributed by atoms with van der Waals surface area (Å²) in [4.78, 5) is 25.3. The van der Waals surface area contributed by atoms with Gasteiger partial charge >= 0.3 is 6.09 Å². The monoisotopic (exact) mass is 350 g/mol. The summed E-state index contributed by atoms with van der Waals surface area (Å²) in [6.45, 7) is 10.2. The van der Waals surface area contributed by atoms with Crippen LogP contribution < -0.4 is 0 Å². The molecule has 7 nitrogen and oxygen atoms in total. The zero-order valence-corrected chi connectivity index (χ0v) is 16.2. The zero-order valence-electron chi connectivity index (χ0n) is 16.2. The van der Waals surface area contributed by atoms with Gasteiger partial charge in [-0.15, -0.1) is 0 Å². The van der Waals surface area contributed by atoms with Gasteiger partial charge in [-0.25, -0.2) is 14.8 Å². The minimum atomic E-state index is -0.485. The van der Waals surface area contributed by atoms with Gasteiger partial charge in [0.05, 0.1) is 25.4 Å². The maximum atomic E-state index is 12.2. The normalized spacial score (nSPS) is 15.9. The number of aromatic nitrogens is 2. The van der Waals surface area contributed by atoms with Crippen molar-refractivity contribution < 1.29 is 14.3 Å². The van der Waals surface area contributed by atoms with Crippen LogP contribution in [0.15, 0.2) is 6.20 Å². The minimum Gasteiger partial charge on any atom is -0.444 e. The number of fused-ring (bicyclic) bond motifs is 1. The van der Waals surface area contributed by atoms with Crippen LogP contribution in [0.3, 0.4) is 0 Å². The Balaban J connectivity index is 2.00. The molecule has 0 N–H and O–H groups in total. The summed E-state index contributed by atoms with van der Waals surface area (Å²) in [5, 5.41) is 0. The third-order valence-electron chi connectivity index (χ3n) is 4.19. The van der Waals surface area contributed by atoms with Gasteiger partial charge in [-0.3, -0.25) is 4.90 Å². The van der Waals surface area contributed by atoms with E-state index in [4.69, 9.17) is 14.5 Å². The molecule has 0 bridgehead atoms. The molecule has 7 heteroatoms. The van der Waals surface area contributed by atoms with Crippen molar-refractivity contribution in [3.8, 4) is 0 Å². The Morgan fingerprint density at radius 3 is 2.80 bits per heavy atom. The summed E-state index contributed by atoms with van der Waals surface area (Å²) in [6, 6.07) is 0.298. The molecule has 1 aliphatic heterocycles. The van der Waals surface area contributed by atoms with Gasteiger partial charge in [0, 0.05) is 37.9 Å². The van der Waals surface area contributed by atoms with Crippen molar-refractivity contribution in [1.29, 1.82) is 0 Å². The van der Waals surface area contributed by atoms with E-state index >= 15 is 0 Å². The van der Waals surface area contributed by atoms with Gasteiger partial charge in [0.2, 0.25) is 0 Å². The lowest BCUT2D eigenvalue weighted by Gasteiger charge is -2.31. The van der Waals surface area contributed by atoms with Crippen molar-refractivity contribution in [3.63, 3.8) is 0 Å². The van der Waals surface area contributed by atoms with E-state index in [0.29, 0.717) is 32.3 Å². The van der Waals surface area contributed by atoms with E-state index in [1.54, 1.807) is 12.0 Å². The maximum Gasteiger partial charge on any atom is 0.410 e. The lowest BCUT2D eigenvalue weighted by atomic mass is 10.1. The van der Waals surface area contributed by atoms with Crippen LogP contribution in [0, 0.1) is 0 Å². The smallest absolute Gasteiger partial charge is 0.410 e. The van der Waals surface area contributed by atoms with Gasteiger partial charge < -0.3 is 14.4 Å². The number of rotatable bonds is 5. The molecule has 1 atom stereocenters. The van der Waals surface area contributed by atoms with Crippen molar-refractivity contribution in [2.24, 2.45) is 0 Å². The first-order chi connectivity index (χ1) is 11.7. The van der Waals surface area contributed by atoms with Gasteiger partial charge in [0.1, 0.15) is 11.4 Å². The number of carbonyl (C=O) groups is 1. The fraction of sp³-hybridized carbons (Fsp3) is 0.722. The summed E-state index contributed by atoms with van der Waals surface area (Å²) in [6.07, 6.45) is 2.28. The molecule has 0 aliphatic carbocycles. The summed E-state index contributed by atoms with van der Waals surface area (Å²) in [5.41, 5.74) is 1.53. The highest BCUT2D eigenvalue weighted by Crippen LogP contribution is 2.19. The van der Waals surface area contributed by atoms with Crippen LogP contribution in [-0.2, 0) is 29.0 Å². The second kappa shape index (κ2) is 8.10. The van der Waals surface area contributed by atoms with Crippen LogP contribution >= 0.6 is 0 Å². The fourth-order valence-corrected chi connectivity index (χ4v) is 2.66. The lowest BCUT2D eigenvalue weighted by molar-refractivity contribution is 0.0222. The van der Waals surface area contributed by atoms with Gasteiger partial charge in [0.15, 0.2) is 0 Å². The number of hydrogen-bond acceptors (Lipinski definition) is 6. The third-order valence-corrected chi connectivity index (χ3v) is 4.19. The first kappa shape index (κ1) is 19.6. The Bertz CT molecular complexity index is 600. The Morgan fingerprint density at radius 2 is 2.16 bits per heavy atom. The molecule has 0 aromatic carbocycles. The van der Waals surface area contributed by atoms with Gasteiger partial charge in [-0.05, 0) is 34.7 Å². The van der Waals surface area contributed by atoms with Crippen LogP contribution in [0.1, 0.15) is 44.8 Å². The lowest BCUT2D eigenvalue weighted by Crippen LogP contribution is -2.40. The van der Waals surface area contributed by atoms with E-state index in [2.05, 4.69) is 16.8 Å². The number of hydrogen-bond donors (Lipinski definition) is 0. The van der Waals surface area contributed by atoms with Crippen molar-refractivity contribution in [2.75, 3.05) is 27.3 Å². The number of ether oxygens (including phenoxy) is 2.